The first kappa shape index (κ1) is 13.1. The molecule has 0 aliphatic carbocycles. The van der Waals surface area contributed by atoms with E-state index in [0.717, 1.165) is 13.1 Å². The van der Waals surface area contributed by atoms with Crippen LogP contribution in [0, 0.1) is 0 Å². The van der Waals surface area contributed by atoms with Crippen molar-refractivity contribution in [2.45, 2.75) is 31.7 Å². The van der Waals surface area contributed by atoms with E-state index in [0.29, 0.717) is 11.9 Å². The SMILES string of the molecule is CNCCC1CCCCN1c1ccnc(OC)c1. The number of piperidine rings is 1. The van der Waals surface area contributed by atoms with E-state index in [2.05, 4.69) is 21.3 Å². The minimum atomic E-state index is 0.637. The lowest BCUT2D eigenvalue weighted by Gasteiger charge is -2.37. The molecule has 0 radical (unpaired) electrons. The molecule has 18 heavy (non-hydrogen) atoms. The Morgan fingerprint density at radius 2 is 2.39 bits per heavy atom. The van der Waals surface area contributed by atoms with Gasteiger partial charge < -0.3 is 15.0 Å². The van der Waals surface area contributed by atoms with Crippen molar-refractivity contribution in [2.24, 2.45) is 0 Å². The molecule has 0 spiro atoms. The van der Waals surface area contributed by atoms with Gasteiger partial charge in [-0.3, -0.25) is 0 Å². The van der Waals surface area contributed by atoms with Crippen molar-refractivity contribution < 1.29 is 4.74 Å². The molecule has 0 saturated carbocycles. The van der Waals surface area contributed by atoms with Crippen molar-refractivity contribution in [2.75, 3.05) is 32.1 Å². The number of nitrogens with zero attached hydrogens (tertiary/aromatic N) is 2. The van der Waals surface area contributed by atoms with E-state index in [1.165, 1.54) is 31.4 Å². The van der Waals surface area contributed by atoms with Gasteiger partial charge in [-0.15, -0.1) is 0 Å². The third-order valence-electron chi connectivity index (χ3n) is 3.61. The number of methoxy groups -OCH3 is 1. The van der Waals surface area contributed by atoms with Crippen LogP contribution in [0.2, 0.25) is 0 Å². The highest BCUT2D eigenvalue weighted by Gasteiger charge is 2.22. The standard InChI is InChI=1S/C14H23N3O/c1-15-8-6-12-5-3-4-10-17(12)13-7-9-16-14(11-13)18-2/h7,9,11-12,15H,3-6,8,10H2,1-2H3. The lowest BCUT2D eigenvalue weighted by Crippen LogP contribution is -2.41. The number of hydrogen-bond donors (Lipinski definition) is 1. The van der Waals surface area contributed by atoms with Crippen LogP contribution in [-0.4, -0.2) is 38.3 Å². The van der Waals surface area contributed by atoms with Crippen molar-refractivity contribution in [3.05, 3.63) is 18.3 Å². The number of hydrogen-bond acceptors (Lipinski definition) is 4. The van der Waals surface area contributed by atoms with Crippen molar-refractivity contribution in [1.29, 1.82) is 0 Å². The lowest BCUT2D eigenvalue weighted by atomic mass is 9.98. The molecule has 0 aromatic carbocycles. The molecule has 0 amide bonds. The van der Waals surface area contributed by atoms with Crippen molar-refractivity contribution in [3.8, 4) is 5.88 Å². The van der Waals surface area contributed by atoms with E-state index in [1.807, 2.05) is 19.3 Å². The summed E-state index contributed by atoms with van der Waals surface area (Å²) in [6, 6.07) is 4.76. The molecule has 1 saturated heterocycles. The number of ether oxygens (including phenoxy) is 1. The van der Waals surface area contributed by atoms with Crippen LogP contribution in [0.1, 0.15) is 25.7 Å². The summed E-state index contributed by atoms with van der Waals surface area (Å²) in [4.78, 5) is 6.68. The van der Waals surface area contributed by atoms with Crippen molar-refractivity contribution in [3.63, 3.8) is 0 Å². The topological polar surface area (TPSA) is 37.4 Å². The monoisotopic (exact) mass is 249 g/mol. The van der Waals surface area contributed by atoms with Gasteiger partial charge in [0.2, 0.25) is 5.88 Å². The Morgan fingerprint density at radius 3 is 3.17 bits per heavy atom. The summed E-state index contributed by atoms with van der Waals surface area (Å²) in [5.74, 6) is 0.699. The van der Waals surface area contributed by atoms with Gasteiger partial charge >= 0.3 is 0 Å². The molecule has 4 heteroatoms. The Balaban J connectivity index is 2.11. The van der Waals surface area contributed by atoms with Gasteiger partial charge in [0.1, 0.15) is 0 Å². The summed E-state index contributed by atoms with van der Waals surface area (Å²) in [6.07, 6.45) is 6.93. The maximum Gasteiger partial charge on any atom is 0.214 e. The number of aromatic nitrogens is 1. The minimum absolute atomic E-state index is 0.637. The molecular formula is C14H23N3O. The highest BCUT2D eigenvalue weighted by molar-refractivity contribution is 5.49. The van der Waals surface area contributed by atoms with Crippen LogP contribution in [0.4, 0.5) is 5.69 Å². The van der Waals surface area contributed by atoms with Gasteiger partial charge in [0.15, 0.2) is 0 Å². The van der Waals surface area contributed by atoms with Gasteiger partial charge in [0, 0.05) is 30.5 Å². The van der Waals surface area contributed by atoms with Crippen LogP contribution in [0.25, 0.3) is 0 Å². The van der Waals surface area contributed by atoms with Crippen LogP contribution in [-0.2, 0) is 0 Å². The average Bonchev–Trinajstić information content (AvgIpc) is 2.45. The van der Waals surface area contributed by atoms with Gasteiger partial charge in [-0.25, -0.2) is 4.98 Å². The Labute approximate surface area is 109 Å². The second kappa shape index (κ2) is 6.59. The smallest absolute Gasteiger partial charge is 0.214 e. The first-order valence-corrected chi connectivity index (χ1v) is 6.76. The summed E-state index contributed by atoms with van der Waals surface area (Å²) in [5.41, 5.74) is 1.24. The fourth-order valence-electron chi connectivity index (χ4n) is 2.64. The number of anilines is 1. The quantitative estimate of drug-likeness (QED) is 0.866. The Bertz CT molecular complexity index is 370. The maximum absolute atomic E-state index is 5.21. The summed E-state index contributed by atoms with van der Waals surface area (Å²) in [6.45, 7) is 2.21. The zero-order chi connectivity index (χ0) is 12.8. The van der Waals surface area contributed by atoms with Gasteiger partial charge in [-0.1, -0.05) is 0 Å². The molecule has 1 fully saturated rings. The zero-order valence-corrected chi connectivity index (χ0v) is 11.4. The van der Waals surface area contributed by atoms with Crippen molar-refractivity contribution in [1.82, 2.24) is 10.3 Å². The van der Waals surface area contributed by atoms with Crippen LogP contribution in [0.5, 0.6) is 5.88 Å². The normalized spacial score (nSPS) is 19.9. The van der Waals surface area contributed by atoms with Crippen LogP contribution < -0.4 is 15.0 Å². The third kappa shape index (κ3) is 3.13. The van der Waals surface area contributed by atoms with E-state index in [9.17, 15) is 0 Å². The largest absolute Gasteiger partial charge is 0.481 e. The van der Waals surface area contributed by atoms with Gasteiger partial charge in [-0.2, -0.15) is 0 Å². The molecule has 1 aromatic heterocycles. The first-order chi connectivity index (χ1) is 8.85. The zero-order valence-electron chi connectivity index (χ0n) is 11.4. The van der Waals surface area contributed by atoms with E-state index in [-0.39, 0.29) is 0 Å². The fraction of sp³-hybridized carbons (Fsp3) is 0.643. The van der Waals surface area contributed by atoms with E-state index < -0.39 is 0 Å². The van der Waals surface area contributed by atoms with Crippen LogP contribution >= 0.6 is 0 Å². The molecule has 4 nitrogen and oxygen atoms in total. The number of nitrogens with one attached hydrogen (secondary N) is 1. The number of pyridine rings is 1. The van der Waals surface area contributed by atoms with Crippen LogP contribution in [0.15, 0.2) is 18.3 Å². The summed E-state index contributed by atoms with van der Waals surface area (Å²) in [5, 5.41) is 3.25. The van der Waals surface area contributed by atoms with E-state index >= 15 is 0 Å². The van der Waals surface area contributed by atoms with Crippen LogP contribution in [0.3, 0.4) is 0 Å². The number of rotatable bonds is 5. The molecule has 1 aliphatic rings. The highest BCUT2D eigenvalue weighted by Crippen LogP contribution is 2.27. The summed E-state index contributed by atoms with van der Waals surface area (Å²) >= 11 is 0. The fourth-order valence-corrected chi connectivity index (χ4v) is 2.64. The molecule has 0 bridgehead atoms. The third-order valence-corrected chi connectivity index (χ3v) is 3.61. The van der Waals surface area contributed by atoms with Gasteiger partial charge in [-0.05, 0) is 45.3 Å². The second-order valence-electron chi connectivity index (χ2n) is 4.79. The molecule has 2 heterocycles. The van der Waals surface area contributed by atoms with Crippen molar-refractivity contribution >= 4 is 5.69 Å². The van der Waals surface area contributed by atoms with E-state index in [1.54, 1.807) is 7.11 Å². The predicted molar refractivity (Wildman–Crippen MR) is 74.3 cm³/mol. The highest BCUT2D eigenvalue weighted by atomic mass is 16.5. The molecule has 2 rings (SSSR count). The molecule has 100 valence electrons. The minimum Gasteiger partial charge on any atom is -0.481 e. The molecular weight excluding hydrogens is 226 g/mol. The molecule has 1 N–H and O–H groups in total. The average molecular weight is 249 g/mol. The summed E-state index contributed by atoms with van der Waals surface area (Å²) in [7, 11) is 3.68. The molecule has 1 aliphatic heterocycles. The van der Waals surface area contributed by atoms with E-state index in [4.69, 9.17) is 4.74 Å². The maximum atomic E-state index is 5.21. The molecule has 1 atom stereocenters. The van der Waals surface area contributed by atoms with Gasteiger partial charge in [0.05, 0.1) is 7.11 Å². The Morgan fingerprint density at radius 1 is 1.50 bits per heavy atom. The molecule has 1 aromatic rings. The predicted octanol–water partition coefficient (Wildman–Crippen LogP) is 2.06. The lowest BCUT2D eigenvalue weighted by molar-refractivity contribution is 0.396. The second-order valence-corrected chi connectivity index (χ2v) is 4.79. The summed E-state index contributed by atoms with van der Waals surface area (Å²) < 4.78 is 5.21. The Kier molecular flexibility index (Phi) is 4.81. The molecule has 1 unspecified atom stereocenters. The first-order valence-electron chi connectivity index (χ1n) is 6.76. The Hall–Kier alpha value is -1.29. The van der Waals surface area contributed by atoms with Gasteiger partial charge in [0.25, 0.3) is 0 Å².